The number of aryl methyl sites for hydroxylation is 1. The molecule has 2 N–H and O–H groups in total. The van der Waals surface area contributed by atoms with Crippen LogP contribution in [0.25, 0.3) is 0 Å². The number of hydrogen-bond acceptors (Lipinski definition) is 3. The van der Waals surface area contributed by atoms with E-state index in [0.717, 1.165) is 25.3 Å². The summed E-state index contributed by atoms with van der Waals surface area (Å²) in [5.74, 6) is 0.573. The number of hydrogen-bond donors (Lipinski definition) is 2. The van der Waals surface area contributed by atoms with Crippen LogP contribution in [-0.2, 0) is 13.0 Å². The van der Waals surface area contributed by atoms with Gasteiger partial charge in [-0.15, -0.1) is 0 Å². The van der Waals surface area contributed by atoms with Crippen molar-refractivity contribution in [1.29, 1.82) is 0 Å². The second kappa shape index (κ2) is 5.76. The molecule has 0 bridgehead atoms. The summed E-state index contributed by atoms with van der Waals surface area (Å²) < 4.78 is 0. The molecular weight excluding hydrogens is 272 g/mol. The fourth-order valence-electron chi connectivity index (χ4n) is 3.87. The standard InChI is InChI=1S/C18H24N4/c1-13-10-17(21-20-13)15-6-3-9-22(11-15)12-16-5-2-4-14-7-8-19-18(14)16/h2,4-5,10,15,19H,3,6-9,11-12H2,1H3,(H,20,21). The van der Waals surface area contributed by atoms with Gasteiger partial charge in [0, 0.05) is 36.9 Å². The van der Waals surface area contributed by atoms with Gasteiger partial charge in [-0.1, -0.05) is 18.2 Å². The topological polar surface area (TPSA) is 44.0 Å². The molecule has 116 valence electrons. The monoisotopic (exact) mass is 296 g/mol. The van der Waals surface area contributed by atoms with Gasteiger partial charge in [0.1, 0.15) is 0 Å². The zero-order valence-electron chi connectivity index (χ0n) is 13.2. The van der Waals surface area contributed by atoms with Crippen molar-refractivity contribution in [3.63, 3.8) is 0 Å². The van der Waals surface area contributed by atoms with Gasteiger partial charge in [0.05, 0.1) is 5.69 Å². The number of H-pyrrole nitrogens is 1. The van der Waals surface area contributed by atoms with Crippen LogP contribution in [0.2, 0.25) is 0 Å². The average molecular weight is 296 g/mol. The van der Waals surface area contributed by atoms with E-state index in [-0.39, 0.29) is 0 Å². The Labute approximate surface area is 131 Å². The van der Waals surface area contributed by atoms with E-state index in [2.05, 4.69) is 51.6 Å². The third-order valence-electron chi connectivity index (χ3n) is 4.98. The number of nitrogens with zero attached hydrogens (tertiary/aromatic N) is 2. The number of aromatic amines is 1. The lowest BCUT2D eigenvalue weighted by atomic mass is 9.94. The quantitative estimate of drug-likeness (QED) is 0.915. The molecule has 22 heavy (non-hydrogen) atoms. The van der Waals surface area contributed by atoms with Gasteiger partial charge >= 0.3 is 0 Å². The van der Waals surface area contributed by atoms with E-state index in [1.807, 2.05) is 0 Å². The summed E-state index contributed by atoms with van der Waals surface area (Å²) in [5, 5.41) is 11.1. The number of rotatable bonds is 3. The van der Waals surface area contributed by atoms with Crippen molar-refractivity contribution in [2.45, 2.75) is 38.6 Å². The molecule has 4 rings (SSSR count). The first-order chi connectivity index (χ1) is 10.8. The molecule has 2 aromatic rings. The molecule has 0 saturated carbocycles. The Morgan fingerprint density at radius 2 is 2.32 bits per heavy atom. The minimum atomic E-state index is 0.573. The summed E-state index contributed by atoms with van der Waals surface area (Å²) in [5.41, 5.74) is 6.72. The van der Waals surface area contributed by atoms with Crippen LogP contribution in [0.1, 0.15) is 41.3 Å². The molecule has 1 fully saturated rings. The third kappa shape index (κ3) is 2.63. The van der Waals surface area contributed by atoms with E-state index in [1.54, 1.807) is 0 Å². The lowest BCUT2D eigenvalue weighted by Crippen LogP contribution is -2.34. The Bertz CT molecular complexity index is 661. The highest BCUT2D eigenvalue weighted by Gasteiger charge is 2.24. The van der Waals surface area contributed by atoms with Gasteiger partial charge in [0.15, 0.2) is 0 Å². The highest BCUT2D eigenvalue weighted by atomic mass is 15.2. The molecule has 2 aliphatic heterocycles. The number of benzene rings is 1. The zero-order chi connectivity index (χ0) is 14.9. The van der Waals surface area contributed by atoms with Crippen molar-refractivity contribution in [3.05, 3.63) is 46.8 Å². The van der Waals surface area contributed by atoms with Crippen LogP contribution in [0, 0.1) is 6.92 Å². The van der Waals surface area contributed by atoms with Crippen LogP contribution in [0.4, 0.5) is 5.69 Å². The van der Waals surface area contributed by atoms with E-state index in [9.17, 15) is 0 Å². The molecule has 1 saturated heterocycles. The third-order valence-corrected chi connectivity index (χ3v) is 4.98. The number of aromatic nitrogens is 2. The molecule has 2 aliphatic rings. The molecule has 3 heterocycles. The molecule has 0 aliphatic carbocycles. The lowest BCUT2D eigenvalue weighted by Gasteiger charge is -2.32. The van der Waals surface area contributed by atoms with Gasteiger partial charge in [-0.2, -0.15) is 5.10 Å². The Kier molecular flexibility index (Phi) is 3.62. The molecule has 4 heteroatoms. The van der Waals surface area contributed by atoms with Crippen LogP contribution < -0.4 is 5.32 Å². The molecule has 0 radical (unpaired) electrons. The van der Waals surface area contributed by atoms with Gasteiger partial charge in [0.25, 0.3) is 0 Å². The van der Waals surface area contributed by atoms with E-state index in [0.29, 0.717) is 5.92 Å². The van der Waals surface area contributed by atoms with Crippen LogP contribution in [0.3, 0.4) is 0 Å². The second-order valence-electron chi connectivity index (χ2n) is 6.68. The predicted octanol–water partition coefficient (Wildman–Crippen LogP) is 3.07. The summed E-state index contributed by atoms with van der Waals surface area (Å²) in [6.45, 7) is 6.53. The average Bonchev–Trinajstić information content (AvgIpc) is 3.17. The van der Waals surface area contributed by atoms with Crippen LogP contribution in [-0.4, -0.2) is 34.7 Å². The maximum atomic E-state index is 4.47. The van der Waals surface area contributed by atoms with Crippen molar-refractivity contribution in [1.82, 2.24) is 15.1 Å². The number of anilines is 1. The summed E-state index contributed by atoms with van der Waals surface area (Å²) in [7, 11) is 0. The van der Waals surface area contributed by atoms with Crippen molar-refractivity contribution in [2.24, 2.45) is 0 Å². The Morgan fingerprint density at radius 3 is 3.18 bits per heavy atom. The molecular formula is C18H24N4. The molecule has 1 unspecified atom stereocenters. The predicted molar refractivity (Wildman–Crippen MR) is 89.2 cm³/mol. The van der Waals surface area contributed by atoms with Crippen LogP contribution in [0.5, 0.6) is 0 Å². The number of para-hydroxylation sites is 1. The fourth-order valence-corrected chi connectivity index (χ4v) is 3.87. The van der Waals surface area contributed by atoms with Crippen molar-refractivity contribution in [3.8, 4) is 0 Å². The minimum Gasteiger partial charge on any atom is -0.384 e. The lowest BCUT2D eigenvalue weighted by molar-refractivity contribution is 0.199. The van der Waals surface area contributed by atoms with Gasteiger partial charge in [-0.3, -0.25) is 10.00 Å². The first kappa shape index (κ1) is 13.8. The summed E-state index contributed by atoms with van der Waals surface area (Å²) in [6, 6.07) is 8.94. The Morgan fingerprint density at radius 1 is 1.36 bits per heavy atom. The fraction of sp³-hybridized carbons (Fsp3) is 0.500. The highest BCUT2D eigenvalue weighted by molar-refractivity contribution is 5.61. The minimum absolute atomic E-state index is 0.573. The molecule has 0 spiro atoms. The van der Waals surface area contributed by atoms with E-state index < -0.39 is 0 Å². The normalized spacial score (nSPS) is 21.6. The number of nitrogens with one attached hydrogen (secondary N) is 2. The van der Waals surface area contributed by atoms with Crippen molar-refractivity contribution in [2.75, 3.05) is 25.0 Å². The summed E-state index contributed by atoms with van der Waals surface area (Å²) in [6.07, 6.45) is 3.68. The Hall–Kier alpha value is -1.81. The molecule has 1 atom stereocenters. The highest BCUT2D eigenvalue weighted by Crippen LogP contribution is 2.30. The van der Waals surface area contributed by atoms with Crippen molar-refractivity contribution >= 4 is 5.69 Å². The summed E-state index contributed by atoms with van der Waals surface area (Å²) >= 11 is 0. The van der Waals surface area contributed by atoms with E-state index in [1.165, 1.54) is 48.3 Å². The maximum absolute atomic E-state index is 4.47. The largest absolute Gasteiger partial charge is 0.384 e. The SMILES string of the molecule is Cc1cc(C2CCCN(Cc3cccc4c3NCC4)C2)n[nH]1. The number of fused-ring (bicyclic) bond motifs is 1. The number of likely N-dealkylation sites (tertiary alicyclic amines) is 1. The zero-order valence-corrected chi connectivity index (χ0v) is 13.2. The van der Waals surface area contributed by atoms with Gasteiger partial charge < -0.3 is 5.32 Å². The van der Waals surface area contributed by atoms with E-state index >= 15 is 0 Å². The van der Waals surface area contributed by atoms with Crippen LogP contribution >= 0.6 is 0 Å². The number of piperidine rings is 1. The second-order valence-corrected chi connectivity index (χ2v) is 6.68. The molecule has 1 aromatic carbocycles. The first-order valence-corrected chi connectivity index (χ1v) is 8.38. The summed E-state index contributed by atoms with van der Waals surface area (Å²) in [4.78, 5) is 2.59. The Balaban J connectivity index is 1.48. The van der Waals surface area contributed by atoms with Gasteiger partial charge in [-0.05, 0) is 49.9 Å². The first-order valence-electron chi connectivity index (χ1n) is 8.38. The maximum Gasteiger partial charge on any atom is 0.0668 e. The van der Waals surface area contributed by atoms with Crippen molar-refractivity contribution < 1.29 is 0 Å². The van der Waals surface area contributed by atoms with Gasteiger partial charge in [-0.25, -0.2) is 0 Å². The molecule has 4 nitrogen and oxygen atoms in total. The van der Waals surface area contributed by atoms with Gasteiger partial charge in [0.2, 0.25) is 0 Å². The van der Waals surface area contributed by atoms with E-state index in [4.69, 9.17) is 0 Å². The van der Waals surface area contributed by atoms with Crippen LogP contribution in [0.15, 0.2) is 24.3 Å². The molecule has 1 aromatic heterocycles. The smallest absolute Gasteiger partial charge is 0.0668 e. The molecule has 0 amide bonds.